The second-order valence-corrected chi connectivity index (χ2v) is 7.99. The van der Waals surface area contributed by atoms with Gasteiger partial charge in [-0.2, -0.15) is 0 Å². The van der Waals surface area contributed by atoms with Crippen LogP contribution in [0.5, 0.6) is 0 Å². The predicted octanol–water partition coefficient (Wildman–Crippen LogP) is 5.51. The van der Waals surface area contributed by atoms with Crippen molar-refractivity contribution in [1.29, 1.82) is 0 Å². The molecule has 1 aliphatic rings. The van der Waals surface area contributed by atoms with E-state index in [1.54, 1.807) is 0 Å². The molecular weight excluding hydrogens is 342 g/mol. The van der Waals surface area contributed by atoms with Gasteiger partial charge < -0.3 is 4.57 Å². The Morgan fingerprint density at radius 3 is 2.54 bits per heavy atom. The molecule has 0 fully saturated rings. The number of aromatic nitrogens is 2. The molecule has 0 saturated heterocycles. The Morgan fingerprint density at radius 1 is 0.893 bits per heavy atom. The monoisotopic (exact) mass is 369 g/mol. The zero-order valence-electron chi connectivity index (χ0n) is 16.7. The van der Waals surface area contributed by atoms with Gasteiger partial charge in [0.2, 0.25) is 0 Å². The van der Waals surface area contributed by atoms with Crippen molar-refractivity contribution in [3.05, 3.63) is 66.5 Å². The number of benzene rings is 3. The first kappa shape index (κ1) is 17.4. The van der Waals surface area contributed by atoms with Crippen LogP contribution < -0.4 is 0 Å². The largest absolute Gasteiger partial charge is 0.327 e. The van der Waals surface area contributed by atoms with E-state index in [1.165, 1.54) is 39.7 Å². The van der Waals surface area contributed by atoms with Crippen molar-refractivity contribution in [3.63, 3.8) is 0 Å². The third kappa shape index (κ3) is 3.00. The number of rotatable bonds is 3. The molecule has 0 radical (unpaired) electrons. The van der Waals surface area contributed by atoms with Gasteiger partial charge in [0, 0.05) is 32.1 Å². The van der Waals surface area contributed by atoms with E-state index in [4.69, 9.17) is 4.98 Å². The van der Waals surface area contributed by atoms with Gasteiger partial charge in [-0.1, -0.05) is 49.4 Å². The summed E-state index contributed by atoms with van der Waals surface area (Å²) in [6, 6.07) is 22.7. The third-order valence-corrected chi connectivity index (χ3v) is 6.36. The minimum Gasteiger partial charge on any atom is -0.327 e. The van der Waals surface area contributed by atoms with Crippen molar-refractivity contribution in [3.8, 4) is 11.1 Å². The Bertz CT molecular complexity index is 1140. The highest BCUT2D eigenvalue weighted by atomic mass is 15.2. The van der Waals surface area contributed by atoms with Crippen LogP contribution in [0.3, 0.4) is 0 Å². The zero-order chi connectivity index (χ0) is 19.1. The molecule has 142 valence electrons. The number of hydrogen-bond acceptors (Lipinski definition) is 2. The highest BCUT2D eigenvalue weighted by Gasteiger charge is 2.20. The smallest absolute Gasteiger partial charge is 0.111 e. The molecule has 3 heteroatoms. The van der Waals surface area contributed by atoms with E-state index in [2.05, 4.69) is 84.0 Å². The molecule has 4 aromatic rings. The first-order chi connectivity index (χ1) is 13.7. The van der Waals surface area contributed by atoms with Crippen LogP contribution in [0.1, 0.15) is 26.1 Å². The number of hydrogen-bond donors (Lipinski definition) is 0. The maximum absolute atomic E-state index is 5.02. The molecule has 1 unspecified atom stereocenters. The standard InChI is InChI=1S/C25H27N3/c1-3-18(2)27-13-12-25-26-23-17-22(10-11-24(23)28(25)15-14-27)21-9-8-19-6-4-5-7-20(19)16-21/h4-11,16-18H,3,12-15H2,1-2H3. The van der Waals surface area contributed by atoms with E-state index in [0.29, 0.717) is 6.04 Å². The molecule has 0 N–H and O–H groups in total. The van der Waals surface area contributed by atoms with Crippen LogP contribution in [-0.2, 0) is 13.0 Å². The summed E-state index contributed by atoms with van der Waals surface area (Å²) in [4.78, 5) is 7.62. The van der Waals surface area contributed by atoms with E-state index >= 15 is 0 Å². The summed E-state index contributed by atoms with van der Waals surface area (Å²) in [5, 5.41) is 2.57. The Kier molecular flexibility index (Phi) is 4.40. The Labute approximate surface area is 166 Å². The normalized spacial score (nSPS) is 16.2. The number of fused-ring (bicyclic) bond motifs is 4. The summed E-state index contributed by atoms with van der Waals surface area (Å²) in [5.41, 5.74) is 4.89. The summed E-state index contributed by atoms with van der Waals surface area (Å²) in [6.45, 7) is 7.86. The summed E-state index contributed by atoms with van der Waals surface area (Å²) >= 11 is 0. The van der Waals surface area contributed by atoms with Crippen LogP contribution in [0.4, 0.5) is 0 Å². The van der Waals surface area contributed by atoms with Gasteiger partial charge in [-0.25, -0.2) is 4.98 Å². The average molecular weight is 370 g/mol. The zero-order valence-corrected chi connectivity index (χ0v) is 16.7. The van der Waals surface area contributed by atoms with Crippen LogP contribution in [0.25, 0.3) is 32.9 Å². The Morgan fingerprint density at radius 2 is 1.68 bits per heavy atom. The number of nitrogens with zero attached hydrogens (tertiary/aromatic N) is 3. The van der Waals surface area contributed by atoms with Crippen molar-refractivity contribution >= 4 is 21.8 Å². The fourth-order valence-corrected chi connectivity index (χ4v) is 4.45. The molecule has 1 aromatic heterocycles. The molecular formula is C25H27N3. The first-order valence-electron chi connectivity index (χ1n) is 10.5. The van der Waals surface area contributed by atoms with Crippen molar-refractivity contribution < 1.29 is 0 Å². The first-order valence-corrected chi connectivity index (χ1v) is 10.5. The molecule has 28 heavy (non-hydrogen) atoms. The van der Waals surface area contributed by atoms with Crippen LogP contribution in [0, 0.1) is 0 Å². The van der Waals surface area contributed by atoms with Crippen molar-refractivity contribution in [2.75, 3.05) is 13.1 Å². The summed E-state index contributed by atoms with van der Waals surface area (Å²) in [5.74, 6) is 1.23. The van der Waals surface area contributed by atoms with E-state index in [1.807, 2.05) is 0 Å². The van der Waals surface area contributed by atoms with Crippen LogP contribution in [0.2, 0.25) is 0 Å². The van der Waals surface area contributed by atoms with Crippen LogP contribution in [-0.4, -0.2) is 33.6 Å². The molecule has 3 nitrogen and oxygen atoms in total. The Hall–Kier alpha value is -2.65. The molecule has 0 saturated carbocycles. The second kappa shape index (κ2) is 7.06. The maximum atomic E-state index is 5.02. The maximum Gasteiger partial charge on any atom is 0.111 e. The summed E-state index contributed by atoms with van der Waals surface area (Å²) < 4.78 is 2.43. The third-order valence-electron chi connectivity index (χ3n) is 6.36. The minimum atomic E-state index is 0.648. The fourth-order valence-electron chi connectivity index (χ4n) is 4.45. The minimum absolute atomic E-state index is 0.648. The molecule has 3 aromatic carbocycles. The SMILES string of the molecule is CCC(C)N1CCc2nc3cc(-c4ccc5ccccc5c4)ccc3n2CC1. The van der Waals surface area contributed by atoms with E-state index in [9.17, 15) is 0 Å². The van der Waals surface area contributed by atoms with E-state index in [0.717, 1.165) is 31.6 Å². The van der Waals surface area contributed by atoms with Gasteiger partial charge in [-0.05, 0) is 53.4 Å². The molecule has 2 heterocycles. The van der Waals surface area contributed by atoms with Crippen molar-refractivity contribution in [1.82, 2.24) is 14.5 Å². The lowest BCUT2D eigenvalue weighted by Crippen LogP contribution is -2.35. The highest BCUT2D eigenvalue weighted by molar-refractivity contribution is 5.89. The lowest BCUT2D eigenvalue weighted by molar-refractivity contribution is 0.209. The lowest BCUT2D eigenvalue weighted by Gasteiger charge is -2.26. The molecule has 0 bridgehead atoms. The van der Waals surface area contributed by atoms with Gasteiger partial charge >= 0.3 is 0 Å². The van der Waals surface area contributed by atoms with E-state index in [-0.39, 0.29) is 0 Å². The van der Waals surface area contributed by atoms with Gasteiger partial charge in [0.15, 0.2) is 0 Å². The quantitative estimate of drug-likeness (QED) is 0.474. The Balaban J connectivity index is 1.50. The van der Waals surface area contributed by atoms with Crippen molar-refractivity contribution in [2.45, 2.75) is 39.3 Å². The van der Waals surface area contributed by atoms with Gasteiger partial charge in [0.1, 0.15) is 5.82 Å². The van der Waals surface area contributed by atoms with Crippen molar-refractivity contribution in [2.24, 2.45) is 0 Å². The average Bonchev–Trinajstić information content (AvgIpc) is 2.96. The summed E-state index contributed by atoms with van der Waals surface area (Å²) in [7, 11) is 0. The fraction of sp³-hybridized carbons (Fsp3) is 0.320. The highest BCUT2D eigenvalue weighted by Crippen LogP contribution is 2.28. The van der Waals surface area contributed by atoms with Crippen LogP contribution in [0.15, 0.2) is 60.7 Å². The molecule has 0 spiro atoms. The van der Waals surface area contributed by atoms with Gasteiger partial charge in [-0.3, -0.25) is 4.90 Å². The molecule has 0 aliphatic carbocycles. The lowest BCUT2D eigenvalue weighted by atomic mass is 10.0. The van der Waals surface area contributed by atoms with E-state index < -0.39 is 0 Å². The van der Waals surface area contributed by atoms with Gasteiger partial charge in [0.05, 0.1) is 11.0 Å². The topological polar surface area (TPSA) is 21.1 Å². The van der Waals surface area contributed by atoms with Gasteiger partial charge in [0.25, 0.3) is 0 Å². The molecule has 1 atom stereocenters. The number of imidazole rings is 1. The summed E-state index contributed by atoms with van der Waals surface area (Å²) in [6.07, 6.45) is 2.24. The molecule has 1 aliphatic heterocycles. The second-order valence-electron chi connectivity index (χ2n) is 7.99. The van der Waals surface area contributed by atoms with Gasteiger partial charge in [-0.15, -0.1) is 0 Å². The molecule has 0 amide bonds. The molecule has 5 rings (SSSR count). The predicted molar refractivity (Wildman–Crippen MR) is 118 cm³/mol. The van der Waals surface area contributed by atoms with Crippen LogP contribution >= 0.6 is 0 Å².